The average Bonchev–Trinajstić information content (AvgIpc) is 3.22. The molecule has 0 aliphatic rings. The van der Waals surface area contributed by atoms with Gasteiger partial charge < -0.3 is 9.64 Å². The quantitative estimate of drug-likeness (QED) is 0.376. The fraction of sp³-hybridized carbons (Fsp3) is 0.160. The third-order valence-corrected chi connectivity index (χ3v) is 5.89. The molecule has 0 spiro atoms. The number of hydrogen-bond donors (Lipinski definition) is 0. The first-order valence-corrected chi connectivity index (χ1v) is 10.9. The highest BCUT2D eigenvalue weighted by Gasteiger charge is 2.22. The molecular formula is C25H22N2O3S. The van der Waals surface area contributed by atoms with Crippen molar-refractivity contribution in [3.05, 3.63) is 84.4 Å². The zero-order valence-electron chi connectivity index (χ0n) is 17.3. The van der Waals surface area contributed by atoms with E-state index in [9.17, 15) is 9.59 Å². The van der Waals surface area contributed by atoms with Crippen LogP contribution in [0.4, 0.5) is 5.69 Å². The summed E-state index contributed by atoms with van der Waals surface area (Å²) in [6, 6.07) is 24.3. The number of esters is 1. The molecule has 4 rings (SSSR count). The molecule has 1 aromatic heterocycles. The third kappa shape index (κ3) is 4.49. The van der Waals surface area contributed by atoms with Crippen molar-refractivity contribution >= 4 is 39.1 Å². The van der Waals surface area contributed by atoms with Crippen molar-refractivity contribution in [1.29, 1.82) is 0 Å². The number of carbonyl (C=O) groups excluding carboxylic acids is 2. The van der Waals surface area contributed by atoms with Gasteiger partial charge in [-0.2, -0.15) is 0 Å². The second kappa shape index (κ2) is 9.10. The van der Waals surface area contributed by atoms with Gasteiger partial charge in [0, 0.05) is 17.3 Å². The Morgan fingerprint density at radius 1 is 0.935 bits per heavy atom. The summed E-state index contributed by atoms with van der Waals surface area (Å²) < 4.78 is 6.47. The Kier molecular flexibility index (Phi) is 6.09. The van der Waals surface area contributed by atoms with Crippen molar-refractivity contribution in [3.63, 3.8) is 0 Å². The van der Waals surface area contributed by atoms with Gasteiger partial charge in [0.05, 0.1) is 15.8 Å². The molecule has 0 atom stereocenters. The number of amides is 1. The minimum absolute atomic E-state index is 0.0661. The predicted octanol–water partition coefficient (Wildman–Crippen LogP) is 5.56. The van der Waals surface area contributed by atoms with Crippen LogP contribution in [0.15, 0.2) is 78.9 Å². The van der Waals surface area contributed by atoms with E-state index in [0.717, 1.165) is 20.9 Å². The summed E-state index contributed by atoms with van der Waals surface area (Å²) in [5.74, 6) is -0.813. The number of thiazole rings is 1. The van der Waals surface area contributed by atoms with Crippen LogP contribution < -0.4 is 4.90 Å². The van der Waals surface area contributed by atoms with Crippen LogP contribution in [0.25, 0.3) is 20.8 Å². The SMILES string of the molecule is CC(C)N(C(=O)COC(=O)c1ccccc1-c1nc2ccccc2s1)c1ccccc1. The van der Waals surface area contributed by atoms with Crippen LogP contribution in [0.3, 0.4) is 0 Å². The lowest BCUT2D eigenvalue weighted by atomic mass is 10.1. The molecule has 6 heteroatoms. The fourth-order valence-electron chi connectivity index (χ4n) is 3.43. The number of fused-ring (bicyclic) bond motifs is 1. The Bertz CT molecular complexity index is 1180. The summed E-state index contributed by atoms with van der Waals surface area (Å²) in [5.41, 5.74) is 2.75. The zero-order chi connectivity index (χ0) is 21.8. The van der Waals surface area contributed by atoms with E-state index < -0.39 is 5.97 Å². The average molecular weight is 431 g/mol. The third-order valence-electron chi connectivity index (χ3n) is 4.82. The van der Waals surface area contributed by atoms with Gasteiger partial charge in [0.2, 0.25) is 0 Å². The number of rotatable bonds is 6. The molecular weight excluding hydrogens is 408 g/mol. The molecule has 156 valence electrons. The molecule has 3 aromatic carbocycles. The summed E-state index contributed by atoms with van der Waals surface area (Å²) in [6.45, 7) is 3.52. The Labute approximate surface area is 184 Å². The Balaban J connectivity index is 1.53. The lowest BCUT2D eigenvalue weighted by molar-refractivity contribution is -0.122. The molecule has 31 heavy (non-hydrogen) atoms. The summed E-state index contributed by atoms with van der Waals surface area (Å²) in [5, 5.41) is 0.744. The number of anilines is 1. The highest BCUT2D eigenvalue weighted by atomic mass is 32.1. The van der Waals surface area contributed by atoms with Gasteiger partial charge in [0.25, 0.3) is 5.91 Å². The van der Waals surface area contributed by atoms with Gasteiger partial charge in [-0.15, -0.1) is 11.3 Å². The van der Waals surface area contributed by atoms with Gasteiger partial charge >= 0.3 is 5.97 Å². The van der Waals surface area contributed by atoms with E-state index in [1.54, 1.807) is 17.0 Å². The number of carbonyl (C=O) groups is 2. The van der Waals surface area contributed by atoms with Crippen molar-refractivity contribution < 1.29 is 14.3 Å². The zero-order valence-corrected chi connectivity index (χ0v) is 18.1. The number of hydrogen-bond acceptors (Lipinski definition) is 5. The molecule has 0 unspecified atom stereocenters. The van der Waals surface area contributed by atoms with Crippen LogP contribution in [-0.2, 0) is 9.53 Å². The first-order valence-electron chi connectivity index (χ1n) is 10.0. The highest BCUT2D eigenvalue weighted by Crippen LogP contribution is 2.32. The first-order chi connectivity index (χ1) is 15.0. The summed E-state index contributed by atoms with van der Waals surface area (Å²) in [6.07, 6.45) is 0. The number of aromatic nitrogens is 1. The number of ether oxygens (including phenoxy) is 1. The van der Waals surface area contributed by atoms with E-state index >= 15 is 0 Å². The van der Waals surface area contributed by atoms with E-state index in [4.69, 9.17) is 4.74 Å². The van der Waals surface area contributed by atoms with Crippen LogP contribution in [0.1, 0.15) is 24.2 Å². The molecule has 0 aliphatic carbocycles. The second-order valence-electron chi connectivity index (χ2n) is 7.30. The van der Waals surface area contributed by atoms with Gasteiger partial charge in [0.1, 0.15) is 5.01 Å². The minimum atomic E-state index is -0.542. The van der Waals surface area contributed by atoms with Crippen LogP contribution in [0.2, 0.25) is 0 Å². The van der Waals surface area contributed by atoms with E-state index in [2.05, 4.69) is 4.98 Å². The van der Waals surface area contributed by atoms with Gasteiger partial charge in [-0.1, -0.05) is 48.5 Å². The van der Waals surface area contributed by atoms with Crippen molar-refractivity contribution in [3.8, 4) is 10.6 Å². The number of benzene rings is 3. The van der Waals surface area contributed by atoms with E-state index in [1.165, 1.54) is 11.3 Å². The number of nitrogens with zero attached hydrogens (tertiary/aromatic N) is 2. The smallest absolute Gasteiger partial charge is 0.339 e. The maximum Gasteiger partial charge on any atom is 0.339 e. The van der Waals surface area contributed by atoms with Crippen LogP contribution in [-0.4, -0.2) is 29.5 Å². The Hall–Kier alpha value is -3.51. The largest absolute Gasteiger partial charge is 0.452 e. The topological polar surface area (TPSA) is 59.5 Å². The molecule has 0 aliphatic heterocycles. The van der Waals surface area contributed by atoms with Crippen LogP contribution in [0.5, 0.6) is 0 Å². The van der Waals surface area contributed by atoms with Crippen LogP contribution in [0, 0.1) is 0 Å². The molecule has 0 fully saturated rings. The highest BCUT2D eigenvalue weighted by molar-refractivity contribution is 7.21. The predicted molar refractivity (Wildman–Crippen MR) is 124 cm³/mol. The maximum absolute atomic E-state index is 12.9. The Morgan fingerprint density at radius 3 is 2.35 bits per heavy atom. The lowest BCUT2D eigenvalue weighted by Crippen LogP contribution is -2.39. The second-order valence-corrected chi connectivity index (χ2v) is 8.33. The monoisotopic (exact) mass is 430 g/mol. The van der Waals surface area contributed by atoms with Gasteiger partial charge in [-0.25, -0.2) is 9.78 Å². The van der Waals surface area contributed by atoms with Crippen molar-refractivity contribution in [2.24, 2.45) is 0 Å². The van der Waals surface area contributed by atoms with Crippen molar-refractivity contribution in [2.75, 3.05) is 11.5 Å². The van der Waals surface area contributed by atoms with Crippen molar-refractivity contribution in [2.45, 2.75) is 19.9 Å². The molecule has 4 aromatic rings. The summed E-state index contributed by atoms with van der Waals surface area (Å²) in [4.78, 5) is 32.0. The molecule has 5 nitrogen and oxygen atoms in total. The minimum Gasteiger partial charge on any atom is -0.452 e. The molecule has 0 radical (unpaired) electrons. The molecule has 0 bridgehead atoms. The standard InChI is InChI=1S/C25H22N2O3S/c1-17(2)27(18-10-4-3-5-11-18)23(28)16-30-25(29)20-13-7-6-12-19(20)24-26-21-14-8-9-15-22(21)31-24/h3-15,17H,16H2,1-2H3. The molecule has 0 saturated heterocycles. The van der Waals surface area contributed by atoms with E-state index in [-0.39, 0.29) is 18.6 Å². The van der Waals surface area contributed by atoms with E-state index in [0.29, 0.717) is 11.1 Å². The Morgan fingerprint density at radius 2 is 1.61 bits per heavy atom. The lowest BCUT2D eigenvalue weighted by Gasteiger charge is -2.26. The van der Waals surface area contributed by atoms with Crippen molar-refractivity contribution in [1.82, 2.24) is 4.98 Å². The molecule has 1 amide bonds. The van der Waals surface area contributed by atoms with E-state index in [1.807, 2.05) is 80.6 Å². The number of para-hydroxylation sites is 2. The fourth-order valence-corrected chi connectivity index (χ4v) is 4.43. The molecule has 1 heterocycles. The molecule has 0 N–H and O–H groups in total. The van der Waals surface area contributed by atoms with Crippen LogP contribution >= 0.6 is 11.3 Å². The summed E-state index contributed by atoms with van der Waals surface area (Å²) >= 11 is 1.52. The van der Waals surface area contributed by atoms with Gasteiger partial charge in [-0.3, -0.25) is 4.79 Å². The van der Waals surface area contributed by atoms with Gasteiger partial charge in [-0.05, 0) is 44.2 Å². The normalized spacial score (nSPS) is 10.9. The van der Waals surface area contributed by atoms with Gasteiger partial charge in [0.15, 0.2) is 6.61 Å². The maximum atomic E-state index is 12.9. The first kappa shape index (κ1) is 20.8. The summed E-state index contributed by atoms with van der Waals surface area (Å²) in [7, 11) is 0. The molecule has 0 saturated carbocycles.